The Morgan fingerprint density at radius 3 is 2.74 bits per heavy atom. The van der Waals surface area contributed by atoms with Gasteiger partial charge in [-0.05, 0) is 25.5 Å². The van der Waals surface area contributed by atoms with Crippen molar-refractivity contribution >= 4 is 11.6 Å². The molecule has 0 aliphatic carbocycles. The topological polar surface area (TPSA) is 64.3 Å². The van der Waals surface area contributed by atoms with Gasteiger partial charge in [-0.3, -0.25) is 4.79 Å². The molecule has 0 bridgehead atoms. The molecule has 19 heavy (non-hydrogen) atoms. The van der Waals surface area contributed by atoms with Crippen LogP contribution in [0.3, 0.4) is 0 Å². The van der Waals surface area contributed by atoms with Gasteiger partial charge in [0.15, 0.2) is 0 Å². The molecule has 0 aliphatic rings. The number of ether oxygens (including phenoxy) is 1. The van der Waals surface area contributed by atoms with E-state index >= 15 is 0 Å². The van der Waals surface area contributed by atoms with E-state index in [-0.39, 0.29) is 11.9 Å². The third-order valence-electron chi connectivity index (χ3n) is 3.12. The Hall–Kier alpha value is -1.71. The van der Waals surface area contributed by atoms with Crippen molar-refractivity contribution in [3.63, 3.8) is 0 Å². The van der Waals surface area contributed by atoms with Crippen molar-refractivity contribution in [1.29, 1.82) is 0 Å². The molecule has 3 N–H and O–H groups in total. The molecule has 0 saturated carbocycles. The van der Waals surface area contributed by atoms with Crippen molar-refractivity contribution in [3.8, 4) is 5.75 Å². The van der Waals surface area contributed by atoms with Gasteiger partial charge >= 0.3 is 0 Å². The summed E-state index contributed by atoms with van der Waals surface area (Å²) < 4.78 is 5.06. The Morgan fingerprint density at radius 1 is 1.42 bits per heavy atom. The quantitative estimate of drug-likeness (QED) is 0.588. The Labute approximate surface area is 115 Å². The summed E-state index contributed by atoms with van der Waals surface area (Å²) in [5.74, 6) is 0.536. The Balaban J connectivity index is 2.57. The van der Waals surface area contributed by atoms with E-state index in [4.69, 9.17) is 10.5 Å². The molecular weight excluding hydrogens is 240 g/mol. The van der Waals surface area contributed by atoms with Gasteiger partial charge in [-0.25, -0.2) is 0 Å². The Kier molecular flexibility index (Phi) is 6.19. The van der Waals surface area contributed by atoms with Crippen molar-refractivity contribution in [1.82, 2.24) is 5.32 Å². The molecule has 0 spiro atoms. The second-order valence-electron chi connectivity index (χ2n) is 4.82. The number of carbonyl (C=O) groups is 1. The second-order valence-corrected chi connectivity index (χ2v) is 4.82. The first kappa shape index (κ1) is 15.3. The number of nitrogen functional groups attached to an aromatic ring is 1. The average Bonchev–Trinajstić information content (AvgIpc) is 2.38. The lowest BCUT2D eigenvalue weighted by atomic mass is 10.1. The minimum absolute atomic E-state index is 0.121. The summed E-state index contributed by atoms with van der Waals surface area (Å²) in [6, 6.07) is 5.27. The molecule has 1 atom stereocenters. The fraction of sp³-hybridized carbons (Fsp3) is 0.533. The second kappa shape index (κ2) is 7.67. The molecule has 1 unspecified atom stereocenters. The Bertz CT molecular complexity index is 419. The number of amides is 1. The van der Waals surface area contributed by atoms with E-state index in [9.17, 15) is 4.79 Å². The van der Waals surface area contributed by atoms with E-state index in [1.54, 1.807) is 25.3 Å². The molecule has 1 aromatic carbocycles. The molecule has 0 fully saturated rings. The zero-order valence-corrected chi connectivity index (χ0v) is 12.0. The summed E-state index contributed by atoms with van der Waals surface area (Å²) >= 11 is 0. The smallest absolute Gasteiger partial charge is 0.253 e. The molecule has 0 heterocycles. The highest BCUT2D eigenvalue weighted by molar-refractivity contribution is 5.99. The first-order valence-electron chi connectivity index (χ1n) is 6.82. The monoisotopic (exact) mass is 264 g/mol. The highest BCUT2D eigenvalue weighted by atomic mass is 16.5. The summed E-state index contributed by atoms with van der Waals surface area (Å²) in [6.07, 6.45) is 4.52. The van der Waals surface area contributed by atoms with E-state index in [0.29, 0.717) is 17.0 Å². The van der Waals surface area contributed by atoms with Crippen LogP contribution in [0, 0.1) is 0 Å². The fourth-order valence-corrected chi connectivity index (χ4v) is 1.95. The number of methoxy groups -OCH3 is 1. The van der Waals surface area contributed by atoms with Gasteiger partial charge in [-0.15, -0.1) is 0 Å². The summed E-state index contributed by atoms with van der Waals surface area (Å²) in [5, 5.41) is 2.97. The van der Waals surface area contributed by atoms with Crippen molar-refractivity contribution < 1.29 is 9.53 Å². The summed E-state index contributed by atoms with van der Waals surface area (Å²) in [7, 11) is 1.57. The predicted octanol–water partition coefficient (Wildman–Crippen LogP) is 2.98. The predicted molar refractivity (Wildman–Crippen MR) is 78.5 cm³/mol. The van der Waals surface area contributed by atoms with Crippen LogP contribution in [-0.2, 0) is 0 Å². The van der Waals surface area contributed by atoms with Gasteiger partial charge in [0.25, 0.3) is 5.91 Å². The van der Waals surface area contributed by atoms with E-state index in [2.05, 4.69) is 12.2 Å². The minimum Gasteiger partial charge on any atom is -0.497 e. The van der Waals surface area contributed by atoms with E-state index < -0.39 is 0 Å². The van der Waals surface area contributed by atoms with Crippen LogP contribution in [0.25, 0.3) is 0 Å². The summed E-state index contributed by atoms with van der Waals surface area (Å²) in [4.78, 5) is 12.1. The van der Waals surface area contributed by atoms with Gasteiger partial charge in [0.05, 0.1) is 12.7 Å². The maximum atomic E-state index is 12.1. The van der Waals surface area contributed by atoms with Gasteiger partial charge in [-0.1, -0.05) is 26.2 Å². The average molecular weight is 264 g/mol. The molecule has 4 nitrogen and oxygen atoms in total. The molecule has 0 aromatic heterocycles. The maximum Gasteiger partial charge on any atom is 0.253 e. The Morgan fingerprint density at radius 2 is 2.16 bits per heavy atom. The molecule has 0 radical (unpaired) electrons. The number of anilines is 1. The number of rotatable bonds is 7. The van der Waals surface area contributed by atoms with Gasteiger partial charge in [-0.2, -0.15) is 0 Å². The number of nitrogens with two attached hydrogens (primary N) is 1. The lowest BCUT2D eigenvalue weighted by Crippen LogP contribution is -2.32. The van der Waals surface area contributed by atoms with Gasteiger partial charge in [0.2, 0.25) is 0 Å². The van der Waals surface area contributed by atoms with Crippen LogP contribution in [0.4, 0.5) is 5.69 Å². The van der Waals surface area contributed by atoms with Crippen molar-refractivity contribution in [2.24, 2.45) is 0 Å². The maximum absolute atomic E-state index is 12.1. The van der Waals surface area contributed by atoms with Crippen LogP contribution in [0.2, 0.25) is 0 Å². The minimum atomic E-state index is -0.121. The first-order chi connectivity index (χ1) is 9.08. The number of hydrogen-bond acceptors (Lipinski definition) is 3. The van der Waals surface area contributed by atoms with Crippen molar-refractivity contribution in [2.75, 3.05) is 12.8 Å². The highest BCUT2D eigenvalue weighted by Gasteiger charge is 2.12. The van der Waals surface area contributed by atoms with Crippen molar-refractivity contribution in [3.05, 3.63) is 23.8 Å². The van der Waals surface area contributed by atoms with E-state index in [1.165, 1.54) is 12.8 Å². The largest absolute Gasteiger partial charge is 0.497 e. The molecule has 1 aromatic rings. The number of benzene rings is 1. The third kappa shape index (κ3) is 4.81. The summed E-state index contributed by atoms with van der Waals surface area (Å²) in [6.45, 7) is 4.19. The lowest BCUT2D eigenvalue weighted by Gasteiger charge is -2.15. The standard InChI is InChI=1S/C15H24N2O2/c1-4-5-6-7-11(2)17-15(18)13-9-8-12(19-3)10-14(13)16/h8-11H,4-7,16H2,1-3H3,(H,17,18). The lowest BCUT2D eigenvalue weighted by molar-refractivity contribution is 0.0939. The van der Waals surface area contributed by atoms with Crippen LogP contribution >= 0.6 is 0 Å². The van der Waals surface area contributed by atoms with Crippen LogP contribution in [0.5, 0.6) is 5.75 Å². The van der Waals surface area contributed by atoms with Gasteiger partial charge < -0.3 is 15.8 Å². The van der Waals surface area contributed by atoms with Crippen LogP contribution < -0.4 is 15.8 Å². The number of carbonyl (C=O) groups excluding carboxylic acids is 1. The van der Waals surface area contributed by atoms with Crippen molar-refractivity contribution in [2.45, 2.75) is 45.6 Å². The van der Waals surface area contributed by atoms with Gasteiger partial charge in [0.1, 0.15) is 5.75 Å². The third-order valence-corrected chi connectivity index (χ3v) is 3.12. The molecule has 106 valence electrons. The number of hydrogen-bond donors (Lipinski definition) is 2. The first-order valence-corrected chi connectivity index (χ1v) is 6.82. The zero-order valence-electron chi connectivity index (χ0n) is 12.0. The number of unbranched alkanes of at least 4 members (excludes halogenated alkanes) is 2. The van der Waals surface area contributed by atoms with Gasteiger partial charge in [0, 0.05) is 17.8 Å². The highest BCUT2D eigenvalue weighted by Crippen LogP contribution is 2.19. The van der Waals surface area contributed by atoms with Crippen LogP contribution in [0.1, 0.15) is 49.9 Å². The normalized spacial score (nSPS) is 11.9. The van der Waals surface area contributed by atoms with E-state index in [1.807, 2.05) is 6.92 Å². The molecule has 0 saturated heterocycles. The molecule has 1 amide bonds. The van der Waals surface area contributed by atoms with Crippen LogP contribution in [0.15, 0.2) is 18.2 Å². The van der Waals surface area contributed by atoms with E-state index in [0.717, 1.165) is 12.8 Å². The zero-order chi connectivity index (χ0) is 14.3. The van der Waals surface area contributed by atoms with Crippen LogP contribution in [-0.4, -0.2) is 19.1 Å². The summed E-state index contributed by atoms with van der Waals surface area (Å²) in [5.41, 5.74) is 6.80. The molecule has 4 heteroatoms. The SMILES string of the molecule is CCCCCC(C)NC(=O)c1ccc(OC)cc1N. The number of nitrogens with one attached hydrogen (secondary N) is 1. The fourth-order valence-electron chi connectivity index (χ4n) is 1.95. The molecular formula is C15H24N2O2. The molecule has 0 aliphatic heterocycles. The molecule has 1 rings (SSSR count).